The molecule has 0 N–H and O–H groups in total. The molecular weight excluding hydrogens is 335 g/mol. The van der Waals surface area contributed by atoms with Gasteiger partial charge in [0.2, 0.25) is 11.8 Å². The van der Waals surface area contributed by atoms with Crippen molar-refractivity contribution in [3.63, 3.8) is 0 Å². The number of halogens is 3. The Hall–Kier alpha value is -0.100. The first-order valence-corrected chi connectivity index (χ1v) is 7.03. The number of hydrogen-bond acceptors (Lipinski definition) is 4. The van der Waals surface area contributed by atoms with E-state index >= 15 is 0 Å². The minimum Gasteiger partial charge on any atom is -0.419 e. The van der Waals surface area contributed by atoms with Crippen LogP contribution in [0.4, 0.5) is 0 Å². The summed E-state index contributed by atoms with van der Waals surface area (Å²) in [6, 6.07) is 1.72. The molecule has 0 saturated carbocycles. The van der Waals surface area contributed by atoms with Gasteiger partial charge in [-0.3, -0.25) is 0 Å². The Morgan fingerprint density at radius 3 is 2.81 bits per heavy atom. The predicted molar refractivity (Wildman–Crippen MR) is 69.6 cm³/mol. The van der Waals surface area contributed by atoms with Crippen LogP contribution in [0, 0.1) is 0 Å². The van der Waals surface area contributed by atoms with Gasteiger partial charge in [0.1, 0.15) is 4.34 Å². The van der Waals surface area contributed by atoms with E-state index in [9.17, 15) is 0 Å². The molecule has 0 amide bonds. The van der Waals surface area contributed by atoms with E-state index in [1.165, 1.54) is 11.3 Å². The molecule has 0 saturated heterocycles. The molecule has 2 rings (SSSR count). The average Bonchev–Trinajstić information content (AvgIpc) is 2.83. The Kier molecular flexibility index (Phi) is 3.89. The lowest BCUT2D eigenvalue weighted by Gasteiger charge is -1.97. The second-order valence-electron chi connectivity index (χ2n) is 3.06. The maximum Gasteiger partial charge on any atom is 0.250 e. The van der Waals surface area contributed by atoms with Gasteiger partial charge in [-0.2, -0.15) is 0 Å². The standard InChI is InChI=1S/C9H7BrCl2N2OS/c1-2-5(10)9-14-13-8(15-9)4-3-6(11)16-7(4)12/h3,5H,2H2,1H3. The largest absolute Gasteiger partial charge is 0.419 e. The summed E-state index contributed by atoms with van der Waals surface area (Å²) in [4.78, 5) is 0.0710. The SMILES string of the molecule is CCC(Br)c1nnc(-c2cc(Cl)sc2Cl)o1. The summed E-state index contributed by atoms with van der Waals surface area (Å²) in [5.41, 5.74) is 0.686. The van der Waals surface area contributed by atoms with E-state index < -0.39 is 0 Å². The molecular formula is C9H7BrCl2N2OS. The lowest BCUT2D eigenvalue weighted by atomic mass is 10.3. The zero-order valence-electron chi connectivity index (χ0n) is 8.21. The topological polar surface area (TPSA) is 38.9 Å². The molecule has 0 radical (unpaired) electrons. The number of thiophene rings is 1. The van der Waals surface area contributed by atoms with Crippen molar-refractivity contribution >= 4 is 50.5 Å². The minimum atomic E-state index is 0.0710. The molecule has 1 atom stereocenters. The molecule has 86 valence electrons. The van der Waals surface area contributed by atoms with E-state index in [1.54, 1.807) is 6.07 Å². The van der Waals surface area contributed by atoms with Crippen LogP contribution >= 0.6 is 50.5 Å². The first-order valence-electron chi connectivity index (χ1n) is 4.54. The van der Waals surface area contributed by atoms with Crippen molar-refractivity contribution in [2.24, 2.45) is 0 Å². The summed E-state index contributed by atoms with van der Waals surface area (Å²) in [5.74, 6) is 0.955. The molecule has 16 heavy (non-hydrogen) atoms. The van der Waals surface area contributed by atoms with Crippen molar-refractivity contribution in [2.45, 2.75) is 18.2 Å². The van der Waals surface area contributed by atoms with Gasteiger partial charge in [0.25, 0.3) is 0 Å². The monoisotopic (exact) mass is 340 g/mol. The number of alkyl halides is 1. The first kappa shape index (κ1) is 12.4. The lowest BCUT2D eigenvalue weighted by Crippen LogP contribution is -1.86. The van der Waals surface area contributed by atoms with Gasteiger partial charge in [-0.15, -0.1) is 21.5 Å². The van der Waals surface area contributed by atoms with Crippen LogP contribution in [0.1, 0.15) is 24.1 Å². The van der Waals surface area contributed by atoms with Crippen molar-refractivity contribution in [3.8, 4) is 11.5 Å². The van der Waals surface area contributed by atoms with Gasteiger partial charge < -0.3 is 4.42 Å². The molecule has 1 unspecified atom stereocenters. The highest BCUT2D eigenvalue weighted by molar-refractivity contribution is 9.09. The summed E-state index contributed by atoms with van der Waals surface area (Å²) >= 11 is 16.6. The fraction of sp³-hybridized carbons (Fsp3) is 0.333. The van der Waals surface area contributed by atoms with Gasteiger partial charge in [-0.25, -0.2) is 0 Å². The molecule has 2 aromatic heterocycles. The van der Waals surface area contributed by atoms with Crippen LogP contribution < -0.4 is 0 Å². The minimum absolute atomic E-state index is 0.0710. The highest BCUT2D eigenvalue weighted by Gasteiger charge is 2.18. The summed E-state index contributed by atoms with van der Waals surface area (Å²) in [7, 11) is 0. The Morgan fingerprint density at radius 2 is 2.25 bits per heavy atom. The Morgan fingerprint density at radius 1 is 1.50 bits per heavy atom. The van der Waals surface area contributed by atoms with E-state index in [-0.39, 0.29) is 4.83 Å². The van der Waals surface area contributed by atoms with Crippen LogP contribution in [0.5, 0.6) is 0 Å². The third kappa shape index (κ3) is 2.42. The van der Waals surface area contributed by atoms with Crippen LogP contribution in [-0.4, -0.2) is 10.2 Å². The van der Waals surface area contributed by atoms with E-state index in [2.05, 4.69) is 26.1 Å². The van der Waals surface area contributed by atoms with Crippen LogP contribution in [0.15, 0.2) is 10.5 Å². The van der Waals surface area contributed by atoms with Crippen LogP contribution in [0.2, 0.25) is 8.67 Å². The molecule has 0 aliphatic carbocycles. The maximum atomic E-state index is 6.00. The molecule has 0 fully saturated rings. The summed E-state index contributed by atoms with van der Waals surface area (Å²) in [6.07, 6.45) is 0.875. The van der Waals surface area contributed by atoms with Gasteiger partial charge in [0.15, 0.2) is 0 Å². The van der Waals surface area contributed by atoms with Crippen molar-refractivity contribution in [1.29, 1.82) is 0 Å². The second kappa shape index (κ2) is 5.04. The zero-order valence-corrected chi connectivity index (χ0v) is 12.1. The summed E-state index contributed by atoms with van der Waals surface area (Å²) in [6.45, 7) is 2.03. The molecule has 7 heteroatoms. The maximum absolute atomic E-state index is 6.00. The van der Waals surface area contributed by atoms with Crippen LogP contribution in [0.25, 0.3) is 11.5 Å². The number of nitrogens with zero attached hydrogens (tertiary/aromatic N) is 2. The molecule has 0 spiro atoms. The average molecular weight is 342 g/mol. The van der Waals surface area contributed by atoms with Gasteiger partial charge in [-0.05, 0) is 12.5 Å². The van der Waals surface area contributed by atoms with E-state index in [1.807, 2.05) is 6.92 Å². The van der Waals surface area contributed by atoms with Crippen LogP contribution in [0.3, 0.4) is 0 Å². The van der Waals surface area contributed by atoms with Crippen molar-refractivity contribution in [3.05, 3.63) is 20.6 Å². The van der Waals surface area contributed by atoms with Gasteiger partial charge in [0, 0.05) is 0 Å². The normalized spacial score (nSPS) is 13.0. The highest BCUT2D eigenvalue weighted by atomic mass is 79.9. The Bertz CT molecular complexity index is 499. The third-order valence-corrected chi connectivity index (χ3v) is 4.48. The quantitative estimate of drug-likeness (QED) is 0.741. The van der Waals surface area contributed by atoms with Gasteiger partial charge in [-0.1, -0.05) is 46.1 Å². The van der Waals surface area contributed by atoms with E-state index in [4.69, 9.17) is 27.6 Å². The Balaban J connectivity index is 2.35. The van der Waals surface area contributed by atoms with Crippen molar-refractivity contribution in [1.82, 2.24) is 10.2 Å². The number of hydrogen-bond donors (Lipinski definition) is 0. The summed E-state index contributed by atoms with van der Waals surface area (Å²) < 4.78 is 6.67. The zero-order chi connectivity index (χ0) is 11.7. The molecule has 3 nitrogen and oxygen atoms in total. The van der Waals surface area contributed by atoms with E-state index in [0.717, 1.165) is 6.42 Å². The first-order chi connectivity index (χ1) is 7.61. The summed E-state index contributed by atoms with van der Waals surface area (Å²) in [5, 5.41) is 7.90. The Labute approximate surface area is 115 Å². The molecule has 0 aliphatic heterocycles. The molecule has 0 aliphatic rings. The number of aromatic nitrogens is 2. The van der Waals surface area contributed by atoms with E-state index in [0.29, 0.717) is 26.0 Å². The predicted octanol–water partition coefficient (Wildman–Crippen LogP) is 4.95. The smallest absolute Gasteiger partial charge is 0.250 e. The third-order valence-electron chi connectivity index (χ3n) is 1.95. The van der Waals surface area contributed by atoms with Crippen molar-refractivity contribution in [2.75, 3.05) is 0 Å². The fourth-order valence-electron chi connectivity index (χ4n) is 1.13. The number of rotatable bonds is 3. The second-order valence-corrected chi connectivity index (χ2v) is 6.45. The fourth-order valence-corrected chi connectivity index (χ4v) is 2.76. The molecule has 0 bridgehead atoms. The molecule has 0 aromatic carbocycles. The highest BCUT2D eigenvalue weighted by Crippen LogP contribution is 2.38. The van der Waals surface area contributed by atoms with Crippen molar-refractivity contribution < 1.29 is 4.42 Å². The molecule has 2 heterocycles. The van der Waals surface area contributed by atoms with Gasteiger partial charge >= 0.3 is 0 Å². The molecule has 2 aromatic rings. The lowest BCUT2D eigenvalue weighted by molar-refractivity contribution is 0.500. The van der Waals surface area contributed by atoms with Gasteiger partial charge in [0.05, 0.1) is 14.7 Å². The van der Waals surface area contributed by atoms with Crippen LogP contribution in [-0.2, 0) is 0 Å².